The van der Waals surface area contributed by atoms with Gasteiger partial charge in [0.05, 0.1) is 19.6 Å². The molecule has 4 nitrogen and oxygen atoms in total. The summed E-state index contributed by atoms with van der Waals surface area (Å²) in [7, 11) is 5.32. The number of hydrogen-bond acceptors (Lipinski definition) is 4. The van der Waals surface area contributed by atoms with Crippen molar-refractivity contribution in [2.75, 3.05) is 21.2 Å². The number of ether oxygens (including phenoxy) is 1. The highest BCUT2D eigenvalue weighted by Crippen LogP contribution is 2.31. The summed E-state index contributed by atoms with van der Waals surface area (Å²) in [4.78, 5) is 1.95. The maximum absolute atomic E-state index is 9.66. The molecule has 1 aromatic carbocycles. The number of nitrogens with zero attached hydrogens (tertiary/aromatic N) is 2. The molecule has 1 rings (SSSR count). The van der Waals surface area contributed by atoms with Crippen LogP contribution in [0, 0.1) is 11.3 Å². The van der Waals surface area contributed by atoms with Gasteiger partial charge in [-0.1, -0.05) is 6.07 Å². The van der Waals surface area contributed by atoms with Crippen LogP contribution in [0.1, 0.15) is 18.0 Å². The van der Waals surface area contributed by atoms with Crippen LogP contribution in [0.5, 0.6) is 11.5 Å². The van der Waals surface area contributed by atoms with Crippen LogP contribution in [0.15, 0.2) is 18.2 Å². The maximum Gasteiger partial charge on any atom is 0.160 e. The minimum atomic E-state index is -0.0122. The van der Waals surface area contributed by atoms with Crippen molar-refractivity contribution in [1.82, 2.24) is 4.90 Å². The van der Waals surface area contributed by atoms with E-state index in [0.29, 0.717) is 12.2 Å². The van der Waals surface area contributed by atoms with Crippen LogP contribution in [0.25, 0.3) is 0 Å². The van der Waals surface area contributed by atoms with Crippen LogP contribution in [0.4, 0.5) is 0 Å². The Morgan fingerprint density at radius 1 is 1.50 bits per heavy atom. The lowest BCUT2D eigenvalue weighted by molar-refractivity contribution is 0.301. The van der Waals surface area contributed by atoms with E-state index in [-0.39, 0.29) is 11.8 Å². The molecule has 1 atom stereocenters. The minimum Gasteiger partial charge on any atom is -0.504 e. The monoisotopic (exact) mass is 220 g/mol. The van der Waals surface area contributed by atoms with Crippen molar-refractivity contribution in [3.63, 3.8) is 0 Å². The fourth-order valence-corrected chi connectivity index (χ4v) is 1.60. The number of methoxy groups -OCH3 is 1. The maximum atomic E-state index is 9.66. The van der Waals surface area contributed by atoms with Crippen molar-refractivity contribution in [1.29, 1.82) is 5.26 Å². The molecule has 0 aliphatic carbocycles. The molecule has 0 bridgehead atoms. The summed E-state index contributed by atoms with van der Waals surface area (Å²) in [5.74, 6) is 0.544. The van der Waals surface area contributed by atoms with Crippen molar-refractivity contribution < 1.29 is 9.84 Å². The first-order valence-electron chi connectivity index (χ1n) is 5.00. The molecule has 0 amide bonds. The lowest BCUT2D eigenvalue weighted by atomic mass is 10.0. The Labute approximate surface area is 95.7 Å². The molecule has 0 radical (unpaired) electrons. The predicted molar refractivity (Wildman–Crippen MR) is 61.3 cm³/mol. The molecule has 0 saturated carbocycles. The summed E-state index contributed by atoms with van der Waals surface area (Å²) in [5.41, 5.74) is 0.907. The molecule has 0 aliphatic heterocycles. The fourth-order valence-electron chi connectivity index (χ4n) is 1.60. The highest BCUT2D eigenvalue weighted by molar-refractivity contribution is 5.42. The molecule has 0 saturated heterocycles. The summed E-state index contributed by atoms with van der Waals surface area (Å²) in [6.07, 6.45) is 0.388. The van der Waals surface area contributed by atoms with Crippen molar-refractivity contribution in [3.8, 4) is 17.6 Å². The van der Waals surface area contributed by atoms with E-state index in [1.807, 2.05) is 25.1 Å². The number of aromatic hydroxyl groups is 1. The van der Waals surface area contributed by atoms with Gasteiger partial charge in [-0.25, -0.2) is 0 Å². The molecule has 16 heavy (non-hydrogen) atoms. The van der Waals surface area contributed by atoms with E-state index in [1.54, 1.807) is 12.1 Å². The van der Waals surface area contributed by atoms with E-state index in [1.165, 1.54) is 7.11 Å². The summed E-state index contributed by atoms with van der Waals surface area (Å²) in [6, 6.07) is 7.34. The summed E-state index contributed by atoms with van der Waals surface area (Å²) in [6.45, 7) is 0. The molecule has 0 fully saturated rings. The van der Waals surface area contributed by atoms with E-state index in [9.17, 15) is 5.11 Å². The second kappa shape index (κ2) is 5.38. The number of benzene rings is 1. The predicted octanol–water partition coefficient (Wildman–Crippen LogP) is 1.92. The summed E-state index contributed by atoms with van der Waals surface area (Å²) >= 11 is 0. The van der Waals surface area contributed by atoms with Gasteiger partial charge in [0.15, 0.2) is 11.5 Å². The third-order valence-electron chi connectivity index (χ3n) is 2.50. The van der Waals surface area contributed by atoms with Gasteiger partial charge in [-0.2, -0.15) is 5.26 Å². The van der Waals surface area contributed by atoms with Gasteiger partial charge >= 0.3 is 0 Å². The molecule has 86 valence electrons. The molecule has 1 unspecified atom stereocenters. The fraction of sp³-hybridized carbons (Fsp3) is 0.417. The average molecular weight is 220 g/mol. The zero-order valence-electron chi connectivity index (χ0n) is 9.77. The summed E-state index contributed by atoms with van der Waals surface area (Å²) in [5, 5.41) is 18.4. The Balaban J connectivity index is 3.02. The van der Waals surface area contributed by atoms with Crippen LogP contribution < -0.4 is 4.74 Å². The van der Waals surface area contributed by atoms with E-state index in [4.69, 9.17) is 10.00 Å². The molecule has 0 spiro atoms. The van der Waals surface area contributed by atoms with Gasteiger partial charge in [-0.3, -0.25) is 0 Å². The van der Waals surface area contributed by atoms with Gasteiger partial charge in [0, 0.05) is 6.04 Å². The molecule has 4 heteroatoms. The lowest BCUT2D eigenvalue weighted by Crippen LogP contribution is -2.19. The third kappa shape index (κ3) is 2.65. The minimum absolute atomic E-state index is 0.0122. The second-order valence-electron chi connectivity index (χ2n) is 3.77. The van der Waals surface area contributed by atoms with E-state index in [2.05, 4.69) is 6.07 Å². The van der Waals surface area contributed by atoms with Crippen LogP contribution in [-0.4, -0.2) is 31.2 Å². The summed E-state index contributed by atoms with van der Waals surface area (Å²) < 4.78 is 4.97. The van der Waals surface area contributed by atoms with Gasteiger partial charge in [-0.15, -0.1) is 0 Å². The topological polar surface area (TPSA) is 56.5 Å². The molecule has 1 aromatic rings. The molecule has 0 heterocycles. The zero-order chi connectivity index (χ0) is 12.1. The quantitative estimate of drug-likeness (QED) is 0.842. The van der Waals surface area contributed by atoms with Crippen LogP contribution in [0.2, 0.25) is 0 Å². The first-order chi connectivity index (χ1) is 7.60. The molecule has 0 aromatic heterocycles. The first-order valence-corrected chi connectivity index (χ1v) is 5.00. The molecule has 1 N–H and O–H groups in total. The van der Waals surface area contributed by atoms with E-state index < -0.39 is 0 Å². The highest BCUT2D eigenvalue weighted by atomic mass is 16.5. The smallest absolute Gasteiger partial charge is 0.160 e. The average Bonchev–Trinajstić information content (AvgIpc) is 2.25. The normalized spacial score (nSPS) is 12.2. The molecular weight excluding hydrogens is 204 g/mol. The van der Waals surface area contributed by atoms with Gasteiger partial charge < -0.3 is 14.7 Å². The van der Waals surface area contributed by atoms with Crippen LogP contribution in [0.3, 0.4) is 0 Å². The number of nitriles is 1. The number of phenols is 1. The Bertz CT molecular complexity index is 396. The van der Waals surface area contributed by atoms with E-state index >= 15 is 0 Å². The number of hydrogen-bond donors (Lipinski definition) is 1. The number of rotatable bonds is 4. The number of phenolic OH excluding ortho intramolecular Hbond substituents is 1. The Kier molecular flexibility index (Phi) is 4.15. The van der Waals surface area contributed by atoms with Gasteiger partial charge in [0.25, 0.3) is 0 Å². The van der Waals surface area contributed by atoms with Crippen molar-refractivity contribution in [2.45, 2.75) is 12.5 Å². The Morgan fingerprint density at radius 3 is 2.62 bits per heavy atom. The van der Waals surface area contributed by atoms with Crippen LogP contribution in [-0.2, 0) is 0 Å². The van der Waals surface area contributed by atoms with Gasteiger partial charge in [0.2, 0.25) is 0 Å². The standard InChI is InChI=1S/C12H16N2O2/c1-14(2)10(6-7-13)9-4-5-12(16-3)11(15)8-9/h4-5,8,10,15H,6H2,1-3H3. The van der Waals surface area contributed by atoms with Gasteiger partial charge in [-0.05, 0) is 31.8 Å². The first kappa shape index (κ1) is 12.3. The zero-order valence-corrected chi connectivity index (χ0v) is 9.77. The van der Waals surface area contributed by atoms with Gasteiger partial charge in [0.1, 0.15) is 0 Å². The second-order valence-corrected chi connectivity index (χ2v) is 3.77. The van der Waals surface area contributed by atoms with Crippen molar-refractivity contribution in [3.05, 3.63) is 23.8 Å². The molecular formula is C12H16N2O2. The highest BCUT2D eigenvalue weighted by Gasteiger charge is 2.15. The van der Waals surface area contributed by atoms with E-state index in [0.717, 1.165) is 5.56 Å². The SMILES string of the molecule is COc1ccc(C(CC#N)N(C)C)cc1O. The van der Waals surface area contributed by atoms with Crippen molar-refractivity contribution >= 4 is 0 Å². The Hall–Kier alpha value is -1.73. The van der Waals surface area contributed by atoms with Crippen LogP contribution >= 0.6 is 0 Å². The Morgan fingerprint density at radius 2 is 2.19 bits per heavy atom. The molecule has 0 aliphatic rings. The lowest BCUT2D eigenvalue weighted by Gasteiger charge is -2.22. The largest absolute Gasteiger partial charge is 0.504 e. The third-order valence-corrected chi connectivity index (χ3v) is 2.50. The van der Waals surface area contributed by atoms with Crippen molar-refractivity contribution in [2.24, 2.45) is 0 Å².